The SMILES string of the molecule is CCCCCCCCC(CCCCCCCC)OC(=O)CCCCO[C@H]1CNC[C@H]1OCCCCC(=O)OC(CCCCCCCC)CCCCCCCC. The minimum atomic E-state index is -0.0410. The quantitative estimate of drug-likeness (QED) is 0.0488. The molecule has 0 aliphatic carbocycles. The molecule has 0 radical (unpaired) electrons. The van der Waals surface area contributed by atoms with E-state index < -0.39 is 0 Å². The van der Waals surface area contributed by atoms with Crippen LogP contribution in [-0.2, 0) is 28.5 Å². The predicted molar refractivity (Wildman–Crippen MR) is 232 cm³/mol. The molecule has 1 N–H and O–H groups in total. The molecular formula is C48H93NO6. The maximum atomic E-state index is 12.8. The first-order valence-corrected chi connectivity index (χ1v) is 24.4. The van der Waals surface area contributed by atoms with Gasteiger partial charge in [0.1, 0.15) is 12.2 Å². The standard InChI is InChI=1S/C48H93NO6/c1-5-9-13-17-21-25-33-43(34-26-22-18-14-10-6-2)54-47(50)37-29-31-39-52-45-41-49-42-46(45)53-40-32-30-38-48(51)55-44(35-27-23-19-15-11-7-3)36-28-24-20-16-12-8-4/h43-46,49H,5-42H2,1-4H3/t45-,46+. The van der Waals surface area contributed by atoms with Gasteiger partial charge in [-0.2, -0.15) is 0 Å². The molecular weight excluding hydrogens is 687 g/mol. The molecule has 2 atom stereocenters. The maximum absolute atomic E-state index is 12.8. The third kappa shape index (κ3) is 32.5. The van der Waals surface area contributed by atoms with Crippen LogP contribution in [-0.4, -0.2) is 62.7 Å². The molecule has 0 spiro atoms. The molecule has 0 amide bonds. The normalized spacial score (nSPS) is 15.7. The summed E-state index contributed by atoms with van der Waals surface area (Å²) in [4.78, 5) is 25.6. The molecule has 1 aliphatic rings. The topological polar surface area (TPSA) is 83.1 Å². The van der Waals surface area contributed by atoms with E-state index in [9.17, 15) is 9.59 Å². The summed E-state index contributed by atoms with van der Waals surface area (Å²) >= 11 is 0. The lowest BCUT2D eigenvalue weighted by atomic mass is 10.0. The smallest absolute Gasteiger partial charge is 0.306 e. The summed E-state index contributed by atoms with van der Waals surface area (Å²) in [5.41, 5.74) is 0. The minimum absolute atomic E-state index is 0.0284. The summed E-state index contributed by atoms with van der Waals surface area (Å²) in [6, 6.07) is 0. The Morgan fingerprint density at radius 1 is 0.418 bits per heavy atom. The van der Waals surface area contributed by atoms with E-state index in [1.807, 2.05) is 0 Å². The van der Waals surface area contributed by atoms with Gasteiger partial charge in [0.15, 0.2) is 0 Å². The van der Waals surface area contributed by atoms with E-state index >= 15 is 0 Å². The van der Waals surface area contributed by atoms with Gasteiger partial charge in [-0.25, -0.2) is 0 Å². The molecule has 1 aliphatic heterocycles. The van der Waals surface area contributed by atoms with Crippen molar-refractivity contribution in [2.45, 2.75) is 270 Å². The Bertz CT molecular complexity index is 741. The molecule has 1 saturated heterocycles. The van der Waals surface area contributed by atoms with Gasteiger partial charge >= 0.3 is 11.9 Å². The molecule has 0 aromatic carbocycles. The molecule has 1 heterocycles. The van der Waals surface area contributed by atoms with E-state index in [1.54, 1.807) is 0 Å². The van der Waals surface area contributed by atoms with Gasteiger partial charge in [-0.3, -0.25) is 9.59 Å². The second-order valence-corrected chi connectivity index (χ2v) is 16.8. The maximum Gasteiger partial charge on any atom is 0.306 e. The molecule has 1 fully saturated rings. The van der Waals surface area contributed by atoms with Crippen LogP contribution in [0.4, 0.5) is 0 Å². The summed E-state index contributed by atoms with van der Waals surface area (Å²) in [6.45, 7) is 11.9. The number of unbranched alkanes of at least 4 members (excludes halogenated alkanes) is 22. The fraction of sp³-hybridized carbons (Fsp3) is 0.958. The van der Waals surface area contributed by atoms with Crippen molar-refractivity contribution in [1.29, 1.82) is 0 Å². The fourth-order valence-corrected chi connectivity index (χ4v) is 7.80. The number of esters is 2. The van der Waals surface area contributed by atoms with Crippen molar-refractivity contribution in [3.05, 3.63) is 0 Å². The summed E-state index contributed by atoms with van der Waals surface area (Å²) in [7, 11) is 0. The van der Waals surface area contributed by atoms with E-state index in [2.05, 4.69) is 33.0 Å². The second-order valence-electron chi connectivity index (χ2n) is 16.8. The Morgan fingerprint density at radius 3 is 1.02 bits per heavy atom. The Hall–Kier alpha value is -1.18. The zero-order chi connectivity index (χ0) is 39.9. The van der Waals surface area contributed by atoms with Crippen LogP contribution in [0, 0.1) is 0 Å². The largest absolute Gasteiger partial charge is 0.462 e. The Kier molecular flexibility index (Phi) is 37.4. The number of hydrogen-bond donors (Lipinski definition) is 1. The molecule has 7 nitrogen and oxygen atoms in total. The summed E-state index contributed by atoms with van der Waals surface area (Å²) in [5, 5.41) is 3.41. The van der Waals surface area contributed by atoms with Gasteiger partial charge in [-0.05, 0) is 77.0 Å². The van der Waals surface area contributed by atoms with Crippen LogP contribution < -0.4 is 5.32 Å². The molecule has 0 saturated carbocycles. The van der Waals surface area contributed by atoms with Crippen LogP contribution in [0.5, 0.6) is 0 Å². The molecule has 326 valence electrons. The molecule has 0 unspecified atom stereocenters. The van der Waals surface area contributed by atoms with Crippen LogP contribution in [0.15, 0.2) is 0 Å². The molecule has 0 aromatic heterocycles. The zero-order valence-corrected chi connectivity index (χ0v) is 37.1. The van der Waals surface area contributed by atoms with E-state index in [0.717, 1.165) is 90.1 Å². The number of nitrogens with one attached hydrogen (secondary N) is 1. The van der Waals surface area contributed by atoms with Crippen molar-refractivity contribution >= 4 is 11.9 Å². The predicted octanol–water partition coefficient (Wildman–Crippen LogP) is 13.5. The van der Waals surface area contributed by atoms with Gasteiger partial charge in [0.25, 0.3) is 0 Å². The lowest BCUT2D eigenvalue weighted by molar-refractivity contribution is -0.151. The highest BCUT2D eigenvalue weighted by Gasteiger charge is 2.28. The summed E-state index contributed by atoms with van der Waals surface area (Å²) < 4.78 is 24.5. The second kappa shape index (κ2) is 39.6. The van der Waals surface area contributed by atoms with Crippen LogP contribution in [0.25, 0.3) is 0 Å². The lowest BCUT2D eigenvalue weighted by Crippen LogP contribution is -2.30. The monoisotopic (exact) mass is 780 g/mol. The Labute approximate surface area is 341 Å². The van der Waals surface area contributed by atoms with Crippen LogP contribution in [0.2, 0.25) is 0 Å². The average molecular weight is 780 g/mol. The van der Waals surface area contributed by atoms with Gasteiger partial charge < -0.3 is 24.3 Å². The van der Waals surface area contributed by atoms with E-state index in [0.29, 0.717) is 26.1 Å². The highest BCUT2D eigenvalue weighted by Crippen LogP contribution is 2.20. The van der Waals surface area contributed by atoms with E-state index in [4.69, 9.17) is 18.9 Å². The number of carbonyl (C=O) groups excluding carboxylic acids is 2. The molecule has 7 heteroatoms. The highest BCUT2D eigenvalue weighted by atomic mass is 16.6. The van der Waals surface area contributed by atoms with Crippen molar-refractivity contribution in [2.24, 2.45) is 0 Å². The highest BCUT2D eigenvalue weighted by molar-refractivity contribution is 5.69. The van der Waals surface area contributed by atoms with Gasteiger partial charge in [0, 0.05) is 39.1 Å². The first-order chi connectivity index (χ1) is 27.0. The Balaban J connectivity index is 2.28. The van der Waals surface area contributed by atoms with Crippen LogP contribution >= 0.6 is 0 Å². The zero-order valence-electron chi connectivity index (χ0n) is 37.1. The first kappa shape index (κ1) is 51.8. The number of hydrogen-bond acceptors (Lipinski definition) is 7. The fourth-order valence-electron chi connectivity index (χ4n) is 7.80. The third-order valence-electron chi connectivity index (χ3n) is 11.4. The molecule has 0 aromatic rings. The van der Waals surface area contributed by atoms with Crippen LogP contribution in [0.3, 0.4) is 0 Å². The molecule has 0 bridgehead atoms. The van der Waals surface area contributed by atoms with Crippen molar-refractivity contribution < 1.29 is 28.5 Å². The Morgan fingerprint density at radius 2 is 0.709 bits per heavy atom. The number of rotatable bonds is 42. The summed E-state index contributed by atoms with van der Waals surface area (Å²) in [5.74, 6) is -0.0820. The van der Waals surface area contributed by atoms with Crippen molar-refractivity contribution in [3.8, 4) is 0 Å². The molecule has 55 heavy (non-hydrogen) atoms. The van der Waals surface area contributed by atoms with Crippen molar-refractivity contribution in [3.63, 3.8) is 0 Å². The van der Waals surface area contributed by atoms with Crippen molar-refractivity contribution in [1.82, 2.24) is 5.32 Å². The summed E-state index contributed by atoms with van der Waals surface area (Å²) in [6.07, 6.45) is 38.9. The van der Waals surface area contributed by atoms with Gasteiger partial charge in [0.05, 0.1) is 12.2 Å². The number of ether oxygens (including phenoxy) is 4. The van der Waals surface area contributed by atoms with Gasteiger partial charge in [-0.1, -0.05) is 156 Å². The number of carbonyl (C=O) groups is 2. The van der Waals surface area contributed by atoms with Gasteiger partial charge in [-0.15, -0.1) is 0 Å². The van der Waals surface area contributed by atoms with E-state index in [-0.39, 0.29) is 36.4 Å². The first-order valence-electron chi connectivity index (χ1n) is 24.4. The van der Waals surface area contributed by atoms with Gasteiger partial charge in [0.2, 0.25) is 0 Å². The lowest BCUT2D eigenvalue weighted by Gasteiger charge is -2.20. The average Bonchev–Trinajstić information content (AvgIpc) is 3.63. The van der Waals surface area contributed by atoms with Crippen molar-refractivity contribution in [2.75, 3.05) is 26.3 Å². The van der Waals surface area contributed by atoms with Crippen LogP contribution in [0.1, 0.15) is 246 Å². The third-order valence-corrected chi connectivity index (χ3v) is 11.4. The van der Waals surface area contributed by atoms with E-state index in [1.165, 1.54) is 128 Å². The minimum Gasteiger partial charge on any atom is -0.462 e. The molecule has 1 rings (SSSR count).